The van der Waals surface area contributed by atoms with E-state index >= 15 is 0 Å². The van der Waals surface area contributed by atoms with Crippen LogP contribution in [-0.2, 0) is 0 Å². The molecule has 0 aliphatic rings. The molecule has 0 aliphatic heterocycles. The quantitative estimate of drug-likeness (QED) is 0.668. The second-order valence-electron chi connectivity index (χ2n) is 3.06. The zero-order valence-corrected chi connectivity index (χ0v) is 7.90. The maximum atomic E-state index is 11.5. The predicted octanol–water partition coefficient (Wildman–Crippen LogP) is 2.21. The Balaban J connectivity index is 2.71. The molecule has 2 aromatic carbocycles. The first kappa shape index (κ1) is 8.75. The molecule has 0 aromatic heterocycles. The van der Waals surface area contributed by atoms with Gasteiger partial charge in [-0.3, -0.25) is 10.1 Å². The molecule has 1 amide bonds. The number of nitrogens with zero attached hydrogens (tertiary/aromatic N) is 1. The molecule has 69 valence electrons. The summed E-state index contributed by atoms with van der Waals surface area (Å²) in [6, 6.07) is 13.5. The molecule has 0 unspecified atom stereocenters. The van der Waals surface area contributed by atoms with Gasteiger partial charge >= 0.3 is 0 Å². The molecular weight excluding hydrogens is 174 g/mol. The molecule has 0 fully saturated rings. The number of benzene rings is 2. The smallest absolute Gasteiger partial charge is 0.267 e. The number of carbonyl (C=O) groups is 1. The lowest BCUT2D eigenvalue weighted by molar-refractivity contribution is 0.0960. The highest BCUT2D eigenvalue weighted by Crippen LogP contribution is 2.18. The van der Waals surface area contributed by atoms with E-state index in [1.807, 2.05) is 36.4 Å². The van der Waals surface area contributed by atoms with E-state index in [4.69, 9.17) is 0 Å². The highest BCUT2D eigenvalue weighted by atomic mass is 16.1. The number of hydrogen-bond donors (Lipinski definition) is 0. The lowest BCUT2D eigenvalue weighted by atomic mass is 10.0. The van der Waals surface area contributed by atoms with Gasteiger partial charge in [-0.25, -0.2) is 0 Å². The number of amides is 1. The van der Waals surface area contributed by atoms with Gasteiger partial charge in [-0.1, -0.05) is 36.4 Å². The molecule has 1 radical (unpaired) electrons. The summed E-state index contributed by atoms with van der Waals surface area (Å²) in [6.07, 6.45) is 0. The molecule has 0 saturated heterocycles. The van der Waals surface area contributed by atoms with E-state index in [0.717, 1.165) is 10.8 Å². The Morgan fingerprint density at radius 3 is 2.57 bits per heavy atom. The van der Waals surface area contributed by atoms with Crippen LogP contribution in [-0.4, -0.2) is 13.0 Å². The van der Waals surface area contributed by atoms with E-state index in [1.165, 1.54) is 7.05 Å². The van der Waals surface area contributed by atoms with Crippen LogP contribution in [0.1, 0.15) is 10.4 Å². The van der Waals surface area contributed by atoms with E-state index in [9.17, 15) is 4.79 Å². The Bertz CT molecular complexity index is 471. The summed E-state index contributed by atoms with van der Waals surface area (Å²) in [7, 11) is 1.52. The third-order valence-electron chi connectivity index (χ3n) is 2.22. The number of hydrogen-bond acceptors (Lipinski definition) is 1. The van der Waals surface area contributed by atoms with Gasteiger partial charge in [0.1, 0.15) is 0 Å². The van der Waals surface area contributed by atoms with Gasteiger partial charge in [-0.15, -0.1) is 0 Å². The van der Waals surface area contributed by atoms with Crippen LogP contribution in [0.2, 0.25) is 0 Å². The van der Waals surface area contributed by atoms with Gasteiger partial charge in [-0.05, 0) is 16.8 Å². The van der Waals surface area contributed by atoms with Gasteiger partial charge in [0.25, 0.3) is 5.91 Å². The van der Waals surface area contributed by atoms with Gasteiger partial charge in [0.15, 0.2) is 0 Å². The van der Waals surface area contributed by atoms with Crippen LogP contribution in [0.4, 0.5) is 0 Å². The van der Waals surface area contributed by atoms with Gasteiger partial charge in [0.05, 0.1) is 0 Å². The average molecular weight is 184 g/mol. The molecule has 0 heterocycles. The summed E-state index contributed by atoms with van der Waals surface area (Å²) in [5, 5.41) is 5.70. The fourth-order valence-corrected chi connectivity index (χ4v) is 1.53. The second-order valence-corrected chi connectivity index (χ2v) is 3.06. The summed E-state index contributed by atoms with van der Waals surface area (Å²) in [5.74, 6) is -0.165. The van der Waals surface area contributed by atoms with Crippen molar-refractivity contribution >= 4 is 16.7 Å². The van der Waals surface area contributed by atoms with Crippen LogP contribution in [0, 0.1) is 0 Å². The van der Waals surface area contributed by atoms with E-state index in [-0.39, 0.29) is 5.91 Å². The van der Waals surface area contributed by atoms with Gasteiger partial charge in [0, 0.05) is 12.6 Å². The monoisotopic (exact) mass is 184 g/mol. The normalized spacial score (nSPS) is 10.1. The van der Waals surface area contributed by atoms with Crippen molar-refractivity contribution in [1.29, 1.82) is 0 Å². The largest absolute Gasteiger partial charge is 0.272 e. The number of carbonyl (C=O) groups excluding carboxylic acids is 1. The molecule has 2 aromatic rings. The zero-order chi connectivity index (χ0) is 9.97. The average Bonchev–Trinajstić information content (AvgIpc) is 2.27. The van der Waals surface area contributed by atoms with E-state index < -0.39 is 0 Å². The van der Waals surface area contributed by atoms with E-state index in [1.54, 1.807) is 6.07 Å². The molecule has 0 aliphatic carbocycles. The van der Waals surface area contributed by atoms with Crippen molar-refractivity contribution in [2.45, 2.75) is 0 Å². The standard InChI is InChI=1S/C12H10NO/c1-13-12(14)11-8-4-6-9-5-2-3-7-10(9)11/h2-8H,1H3. The molecule has 0 spiro atoms. The van der Waals surface area contributed by atoms with Gasteiger partial charge in [0.2, 0.25) is 0 Å². The van der Waals surface area contributed by atoms with Crippen molar-refractivity contribution < 1.29 is 4.79 Å². The fourth-order valence-electron chi connectivity index (χ4n) is 1.53. The summed E-state index contributed by atoms with van der Waals surface area (Å²) < 4.78 is 0. The molecule has 0 saturated carbocycles. The minimum atomic E-state index is -0.165. The van der Waals surface area contributed by atoms with E-state index in [2.05, 4.69) is 5.32 Å². The Morgan fingerprint density at radius 1 is 1.07 bits per heavy atom. The van der Waals surface area contributed by atoms with Crippen molar-refractivity contribution in [3.05, 3.63) is 48.0 Å². The SMILES string of the molecule is C[N]C(=O)c1cccc2ccccc12. The van der Waals surface area contributed by atoms with Crippen LogP contribution in [0.3, 0.4) is 0 Å². The molecule has 0 atom stereocenters. The lowest BCUT2D eigenvalue weighted by Crippen LogP contribution is -2.10. The predicted molar refractivity (Wildman–Crippen MR) is 56.3 cm³/mol. The molecule has 0 bridgehead atoms. The van der Waals surface area contributed by atoms with Gasteiger partial charge in [-0.2, -0.15) is 0 Å². The molecule has 14 heavy (non-hydrogen) atoms. The third-order valence-corrected chi connectivity index (χ3v) is 2.22. The molecule has 2 nitrogen and oxygen atoms in total. The Hall–Kier alpha value is -1.83. The second kappa shape index (κ2) is 3.50. The van der Waals surface area contributed by atoms with Crippen LogP contribution >= 0.6 is 0 Å². The first-order valence-electron chi connectivity index (χ1n) is 4.45. The van der Waals surface area contributed by atoms with Crippen molar-refractivity contribution in [3.8, 4) is 0 Å². The highest BCUT2D eigenvalue weighted by molar-refractivity contribution is 6.06. The minimum absolute atomic E-state index is 0.165. The van der Waals surface area contributed by atoms with Crippen LogP contribution in [0.15, 0.2) is 42.5 Å². The van der Waals surface area contributed by atoms with Crippen molar-refractivity contribution in [1.82, 2.24) is 5.32 Å². The lowest BCUT2D eigenvalue weighted by Gasteiger charge is -2.02. The van der Waals surface area contributed by atoms with Crippen LogP contribution in [0.5, 0.6) is 0 Å². The molecular formula is C12H10NO. The van der Waals surface area contributed by atoms with Gasteiger partial charge < -0.3 is 0 Å². The summed E-state index contributed by atoms with van der Waals surface area (Å²) >= 11 is 0. The Kier molecular flexibility index (Phi) is 2.19. The molecule has 0 N–H and O–H groups in total. The first-order valence-corrected chi connectivity index (χ1v) is 4.45. The minimum Gasteiger partial charge on any atom is -0.267 e. The van der Waals surface area contributed by atoms with E-state index in [0.29, 0.717) is 5.56 Å². The maximum Gasteiger partial charge on any atom is 0.272 e. The maximum absolute atomic E-state index is 11.5. The van der Waals surface area contributed by atoms with Crippen molar-refractivity contribution in [2.75, 3.05) is 7.05 Å². The molecule has 2 heteroatoms. The molecule has 2 rings (SSSR count). The summed E-state index contributed by atoms with van der Waals surface area (Å²) in [4.78, 5) is 11.5. The van der Waals surface area contributed by atoms with Crippen molar-refractivity contribution in [2.24, 2.45) is 0 Å². The summed E-state index contributed by atoms with van der Waals surface area (Å²) in [6.45, 7) is 0. The first-order chi connectivity index (χ1) is 6.83. The topological polar surface area (TPSA) is 31.2 Å². The number of fused-ring (bicyclic) bond motifs is 1. The van der Waals surface area contributed by atoms with Crippen LogP contribution < -0.4 is 5.32 Å². The van der Waals surface area contributed by atoms with Crippen LogP contribution in [0.25, 0.3) is 10.8 Å². The Morgan fingerprint density at radius 2 is 1.79 bits per heavy atom. The van der Waals surface area contributed by atoms with Crippen molar-refractivity contribution in [3.63, 3.8) is 0 Å². The fraction of sp³-hybridized carbons (Fsp3) is 0.0833. The zero-order valence-electron chi connectivity index (χ0n) is 7.90. The summed E-state index contributed by atoms with van der Waals surface area (Å²) in [5.41, 5.74) is 0.672. The third kappa shape index (κ3) is 1.35. The Labute approximate surface area is 82.6 Å². The number of rotatable bonds is 1. The highest BCUT2D eigenvalue weighted by Gasteiger charge is 2.07.